The molecule has 0 bridgehead atoms. The van der Waals surface area contributed by atoms with Crippen LogP contribution >= 0.6 is 0 Å². The maximum atomic E-state index is 11.3. The van der Waals surface area contributed by atoms with E-state index in [1.807, 2.05) is 6.07 Å². The molecule has 22 heavy (non-hydrogen) atoms. The number of hydrogen-bond acceptors (Lipinski definition) is 2. The van der Waals surface area contributed by atoms with Crippen molar-refractivity contribution in [1.29, 1.82) is 0 Å². The van der Waals surface area contributed by atoms with Crippen LogP contribution in [0, 0.1) is 17.3 Å². The van der Waals surface area contributed by atoms with Crippen molar-refractivity contribution < 1.29 is 13.0 Å². The van der Waals surface area contributed by atoms with Gasteiger partial charge in [0.25, 0.3) is 10.1 Å². The Kier molecular flexibility index (Phi) is 3.22. The lowest BCUT2D eigenvalue weighted by Gasteiger charge is -2.49. The van der Waals surface area contributed by atoms with Gasteiger partial charge in [-0.25, -0.2) is 0 Å². The molecular formula is C18H24O3S. The van der Waals surface area contributed by atoms with Gasteiger partial charge in [0.2, 0.25) is 0 Å². The summed E-state index contributed by atoms with van der Waals surface area (Å²) in [5.74, 6) is 2.21. The Hall–Kier alpha value is -0.870. The Morgan fingerprint density at radius 3 is 2.77 bits per heavy atom. The average Bonchev–Trinajstić information content (AvgIpc) is 2.87. The fourth-order valence-corrected chi connectivity index (χ4v) is 6.24. The van der Waals surface area contributed by atoms with Crippen molar-refractivity contribution in [3.05, 3.63) is 29.3 Å². The summed E-state index contributed by atoms with van der Waals surface area (Å²) in [7, 11) is -4.09. The third-order valence-corrected chi connectivity index (χ3v) is 7.63. The zero-order valence-electron chi connectivity index (χ0n) is 13.1. The van der Waals surface area contributed by atoms with Crippen molar-refractivity contribution in [3.63, 3.8) is 0 Å². The van der Waals surface area contributed by atoms with Gasteiger partial charge in [-0.3, -0.25) is 4.55 Å². The molecule has 0 aliphatic heterocycles. The zero-order chi connectivity index (χ0) is 15.5. The Balaban J connectivity index is 1.71. The van der Waals surface area contributed by atoms with Gasteiger partial charge in [-0.05, 0) is 85.0 Å². The minimum Gasteiger partial charge on any atom is -0.282 e. The topological polar surface area (TPSA) is 54.4 Å². The Labute approximate surface area is 132 Å². The van der Waals surface area contributed by atoms with Gasteiger partial charge in [0.15, 0.2) is 0 Å². The van der Waals surface area contributed by atoms with Gasteiger partial charge in [-0.1, -0.05) is 19.4 Å². The predicted molar refractivity (Wildman–Crippen MR) is 85.5 cm³/mol. The van der Waals surface area contributed by atoms with E-state index in [0.29, 0.717) is 11.3 Å². The van der Waals surface area contributed by atoms with E-state index in [9.17, 15) is 13.0 Å². The lowest BCUT2D eigenvalue weighted by Crippen LogP contribution is -2.39. The standard InChI is InChI=1S/C18H24O3S/c1-18-9-2-3-17(18)16-6-4-12-11-13(22(19,20)21)5-7-14(12)15(16)8-10-18/h5,7,11,15-17H,2-4,6,8-10H2,1H3,(H,19,20,21)/t15-,16-,17?,18-/m0/s1. The van der Waals surface area contributed by atoms with E-state index in [4.69, 9.17) is 0 Å². The highest BCUT2D eigenvalue weighted by atomic mass is 32.2. The Morgan fingerprint density at radius 2 is 2.00 bits per heavy atom. The molecule has 4 atom stereocenters. The molecule has 120 valence electrons. The molecule has 0 amide bonds. The number of fused-ring (bicyclic) bond motifs is 5. The summed E-state index contributed by atoms with van der Waals surface area (Å²) in [5.41, 5.74) is 3.03. The molecule has 0 radical (unpaired) electrons. The van der Waals surface area contributed by atoms with E-state index in [0.717, 1.165) is 23.8 Å². The lowest BCUT2D eigenvalue weighted by atomic mass is 9.56. The molecule has 0 spiro atoms. The lowest BCUT2D eigenvalue weighted by molar-refractivity contribution is 0.0598. The second-order valence-electron chi connectivity index (χ2n) is 7.84. The normalized spacial score (nSPS) is 37.3. The van der Waals surface area contributed by atoms with Crippen LogP contribution in [0.3, 0.4) is 0 Å². The molecule has 1 N–H and O–H groups in total. The molecule has 3 aliphatic rings. The van der Waals surface area contributed by atoms with E-state index in [2.05, 4.69) is 6.92 Å². The highest BCUT2D eigenvalue weighted by molar-refractivity contribution is 7.85. The molecule has 0 aromatic heterocycles. The quantitative estimate of drug-likeness (QED) is 0.790. The molecule has 4 rings (SSSR count). The van der Waals surface area contributed by atoms with Crippen LogP contribution in [-0.4, -0.2) is 13.0 Å². The van der Waals surface area contributed by atoms with Crippen molar-refractivity contribution >= 4 is 10.1 Å². The highest BCUT2D eigenvalue weighted by Gasteiger charge is 2.50. The van der Waals surface area contributed by atoms with Crippen LogP contribution in [0.2, 0.25) is 0 Å². The second kappa shape index (κ2) is 4.81. The van der Waals surface area contributed by atoms with Gasteiger partial charge < -0.3 is 0 Å². The Bertz CT molecular complexity index is 709. The zero-order valence-corrected chi connectivity index (χ0v) is 13.9. The van der Waals surface area contributed by atoms with Gasteiger partial charge in [0.05, 0.1) is 4.90 Å². The van der Waals surface area contributed by atoms with Crippen LogP contribution in [0.15, 0.2) is 23.1 Å². The number of benzene rings is 1. The van der Waals surface area contributed by atoms with Gasteiger partial charge in [-0.2, -0.15) is 8.42 Å². The summed E-state index contributed by atoms with van der Waals surface area (Å²) in [5, 5.41) is 0. The molecule has 1 aromatic carbocycles. The summed E-state index contributed by atoms with van der Waals surface area (Å²) in [6.45, 7) is 2.48. The molecule has 3 aliphatic carbocycles. The van der Waals surface area contributed by atoms with Crippen LogP contribution in [0.25, 0.3) is 0 Å². The van der Waals surface area contributed by atoms with Gasteiger partial charge >= 0.3 is 0 Å². The van der Waals surface area contributed by atoms with Gasteiger partial charge in [0, 0.05) is 0 Å². The van der Waals surface area contributed by atoms with Crippen LogP contribution < -0.4 is 0 Å². The van der Waals surface area contributed by atoms with Crippen molar-refractivity contribution in [1.82, 2.24) is 0 Å². The monoisotopic (exact) mass is 320 g/mol. The first kappa shape index (κ1) is 14.7. The fraction of sp³-hybridized carbons (Fsp3) is 0.667. The molecule has 1 aromatic rings. The minimum absolute atomic E-state index is 0.0474. The smallest absolute Gasteiger partial charge is 0.282 e. The van der Waals surface area contributed by atoms with Crippen LogP contribution in [-0.2, 0) is 16.5 Å². The summed E-state index contributed by atoms with van der Waals surface area (Å²) >= 11 is 0. The minimum atomic E-state index is -4.09. The summed E-state index contributed by atoms with van der Waals surface area (Å²) in [4.78, 5) is 0.0474. The highest BCUT2D eigenvalue weighted by Crippen LogP contribution is 2.60. The molecule has 4 heteroatoms. The first-order chi connectivity index (χ1) is 10.4. The maximum Gasteiger partial charge on any atom is 0.294 e. The third-order valence-electron chi connectivity index (χ3n) is 6.78. The van der Waals surface area contributed by atoms with Crippen molar-refractivity contribution in [2.24, 2.45) is 17.3 Å². The van der Waals surface area contributed by atoms with E-state index >= 15 is 0 Å². The fourth-order valence-electron chi connectivity index (χ4n) is 5.71. The molecule has 0 heterocycles. The molecule has 2 fully saturated rings. The molecule has 2 saturated carbocycles. The van der Waals surface area contributed by atoms with E-state index in [1.165, 1.54) is 44.1 Å². The first-order valence-electron chi connectivity index (χ1n) is 8.49. The molecular weight excluding hydrogens is 296 g/mol. The summed E-state index contributed by atoms with van der Waals surface area (Å²) in [6, 6.07) is 5.25. The third kappa shape index (κ3) is 2.15. The van der Waals surface area contributed by atoms with Crippen LogP contribution in [0.1, 0.15) is 62.5 Å². The van der Waals surface area contributed by atoms with Gasteiger partial charge in [0.1, 0.15) is 0 Å². The summed E-state index contributed by atoms with van der Waals surface area (Å²) in [6.07, 6.45) is 8.79. The average molecular weight is 320 g/mol. The maximum absolute atomic E-state index is 11.3. The summed E-state index contributed by atoms with van der Waals surface area (Å²) < 4.78 is 31.9. The first-order valence-corrected chi connectivity index (χ1v) is 9.93. The van der Waals surface area contributed by atoms with Crippen LogP contribution in [0.4, 0.5) is 0 Å². The van der Waals surface area contributed by atoms with E-state index in [-0.39, 0.29) is 4.90 Å². The van der Waals surface area contributed by atoms with Crippen molar-refractivity contribution in [3.8, 4) is 0 Å². The van der Waals surface area contributed by atoms with Crippen LogP contribution in [0.5, 0.6) is 0 Å². The van der Waals surface area contributed by atoms with Crippen molar-refractivity contribution in [2.75, 3.05) is 0 Å². The number of aryl methyl sites for hydroxylation is 1. The number of hydrogen-bond donors (Lipinski definition) is 1. The SMILES string of the molecule is C[C@@]12CCCC1[C@H]1CCc3cc(S(=O)(=O)O)ccc3[C@@H]1CC2. The van der Waals surface area contributed by atoms with E-state index < -0.39 is 10.1 Å². The molecule has 0 saturated heterocycles. The molecule has 1 unspecified atom stereocenters. The second-order valence-corrected chi connectivity index (χ2v) is 9.26. The predicted octanol–water partition coefficient (Wildman–Crippen LogP) is 4.18. The number of rotatable bonds is 1. The van der Waals surface area contributed by atoms with E-state index in [1.54, 1.807) is 12.1 Å². The van der Waals surface area contributed by atoms with Gasteiger partial charge in [-0.15, -0.1) is 0 Å². The molecule has 3 nitrogen and oxygen atoms in total. The Morgan fingerprint density at radius 1 is 1.18 bits per heavy atom. The van der Waals surface area contributed by atoms with Crippen molar-refractivity contribution in [2.45, 2.75) is 62.7 Å². The largest absolute Gasteiger partial charge is 0.294 e.